The minimum atomic E-state index is -3.70. The van der Waals surface area contributed by atoms with Gasteiger partial charge in [0.2, 0.25) is 15.9 Å². The number of sulfonamides is 1. The summed E-state index contributed by atoms with van der Waals surface area (Å²) in [5.41, 5.74) is 0.735. The highest BCUT2D eigenvalue weighted by Crippen LogP contribution is 2.35. The normalized spacial score (nSPS) is 20.9. The van der Waals surface area contributed by atoms with Crippen molar-refractivity contribution in [3.63, 3.8) is 0 Å². The largest absolute Gasteiger partial charge is 0.465 e. The second-order valence-corrected chi connectivity index (χ2v) is 6.71. The molecule has 1 saturated heterocycles. The lowest BCUT2D eigenvalue weighted by molar-refractivity contribution is -0.118. The number of benzene rings is 1. The highest BCUT2D eigenvalue weighted by molar-refractivity contribution is 9.10. The van der Waals surface area contributed by atoms with Crippen LogP contribution in [-0.2, 0) is 19.6 Å². The van der Waals surface area contributed by atoms with Gasteiger partial charge in [-0.15, -0.1) is 0 Å². The van der Waals surface area contributed by atoms with Gasteiger partial charge in [-0.05, 0) is 17.7 Å². The molecule has 1 heterocycles. The number of hydrogen-bond acceptors (Lipinski definition) is 5. The summed E-state index contributed by atoms with van der Waals surface area (Å²) in [5.74, 6) is -1.05. The second-order valence-electron chi connectivity index (χ2n) is 3.99. The van der Waals surface area contributed by atoms with E-state index in [1.807, 2.05) is 4.72 Å². The third-order valence-corrected chi connectivity index (χ3v) is 5.14. The zero-order valence-corrected chi connectivity index (χ0v) is 12.2. The number of carbonyl (C=O) groups is 2. The first-order valence-electron chi connectivity index (χ1n) is 5.27. The van der Waals surface area contributed by atoms with Gasteiger partial charge in [-0.2, -0.15) is 0 Å². The van der Waals surface area contributed by atoms with Crippen LogP contribution in [0.2, 0.25) is 0 Å². The number of amides is 1. The minimum absolute atomic E-state index is 0.126. The lowest BCUT2D eigenvalue weighted by Crippen LogP contribution is -2.21. The summed E-state index contributed by atoms with van der Waals surface area (Å²) in [6.07, 6.45) is -0.126. The lowest BCUT2D eigenvalue weighted by atomic mass is 10.1. The van der Waals surface area contributed by atoms with Gasteiger partial charge in [0.05, 0.1) is 19.1 Å². The van der Waals surface area contributed by atoms with Crippen molar-refractivity contribution < 1.29 is 22.7 Å². The highest BCUT2D eigenvalue weighted by atomic mass is 79.9. The quantitative estimate of drug-likeness (QED) is 0.810. The Morgan fingerprint density at radius 2 is 2.16 bits per heavy atom. The van der Waals surface area contributed by atoms with Gasteiger partial charge >= 0.3 is 5.97 Å². The Labute approximate surface area is 118 Å². The van der Waals surface area contributed by atoms with Crippen LogP contribution in [0.4, 0.5) is 0 Å². The fourth-order valence-electron chi connectivity index (χ4n) is 1.86. The Morgan fingerprint density at radius 1 is 1.47 bits per heavy atom. The number of halogens is 1. The van der Waals surface area contributed by atoms with Gasteiger partial charge in [-0.25, -0.2) is 13.2 Å². The Hall–Kier alpha value is -1.41. The molecule has 2 rings (SSSR count). The van der Waals surface area contributed by atoms with Crippen LogP contribution in [0.25, 0.3) is 0 Å². The van der Waals surface area contributed by atoms with Crippen molar-refractivity contribution in [2.24, 2.45) is 0 Å². The summed E-state index contributed by atoms with van der Waals surface area (Å²) < 4.78 is 30.5. The van der Waals surface area contributed by atoms with E-state index < -0.39 is 27.1 Å². The summed E-state index contributed by atoms with van der Waals surface area (Å²) in [7, 11) is -2.44. The average molecular weight is 348 g/mol. The molecule has 1 aliphatic heterocycles. The van der Waals surface area contributed by atoms with Crippen LogP contribution in [0.3, 0.4) is 0 Å². The fourth-order valence-corrected chi connectivity index (χ4v) is 4.12. The molecule has 0 aromatic heterocycles. The van der Waals surface area contributed by atoms with Crippen LogP contribution < -0.4 is 4.72 Å². The molecular weight excluding hydrogens is 338 g/mol. The van der Waals surface area contributed by atoms with E-state index in [1.165, 1.54) is 25.3 Å². The van der Waals surface area contributed by atoms with E-state index in [2.05, 4.69) is 20.7 Å². The summed E-state index contributed by atoms with van der Waals surface area (Å²) >= 11 is 3.21. The van der Waals surface area contributed by atoms with Crippen molar-refractivity contribution in [2.45, 2.75) is 11.7 Å². The van der Waals surface area contributed by atoms with Crippen LogP contribution in [-0.4, -0.2) is 27.4 Å². The lowest BCUT2D eigenvalue weighted by Gasteiger charge is -2.11. The Kier molecular flexibility index (Phi) is 3.64. The summed E-state index contributed by atoms with van der Waals surface area (Å²) in [5, 5.41) is -0.943. The molecule has 1 fully saturated rings. The zero-order chi connectivity index (χ0) is 14.2. The topological polar surface area (TPSA) is 89.5 Å². The van der Waals surface area contributed by atoms with Crippen molar-refractivity contribution in [3.05, 3.63) is 33.8 Å². The molecule has 1 aromatic carbocycles. The van der Waals surface area contributed by atoms with Crippen molar-refractivity contribution in [3.8, 4) is 0 Å². The Morgan fingerprint density at radius 3 is 2.63 bits per heavy atom. The zero-order valence-electron chi connectivity index (χ0n) is 9.84. The SMILES string of the molecule is COC(=O)c1ccc([C@@H]2CC(=O)NS2(=O)=O)c(Br)c1. The van der Waals surface area contributed by atoms with Crippen LogP contribution in [0, 0.1) is 0 Å². The standard InChI is InChI=1S/C11H10BrNO5S/c1-18-11(15)6-2-3-7(8(12)4-6)9-5-10(14)13-19(9,16)17/h2-4,9H,5H2,1H3,(H,13,14)/t9-/m0/s1. The van der Waals surface area contributed by atoms with Gasteiger partial charge in [-0.3, -0.25) is 9.52 Å². The van der Waals surface area contributed by atoms with Crippen molar-refractivity contribution in [2.75, 3.05) is 7.11 Å². The van der Waals surface area contributed by atoms with E-state index >= 15 is 0 Å². The first kappa shape index (κ1) is 14.0. The van der Waals surface area contributed by atoms with E-state index in [1.54, 1.807) is 0 Å². The van der Waals surface area contributed by atoms with Crippen molar-refractivity contribution in [1.29, 1.82) is 0 Å². The molecule has 0 spiro atoms. The van der Waals surface area contributed by atoms with Gasteiger partial charge in [0.15, 0.2) is 0 Å². The third kappa shape index (κ3) is 2.64. The number of carbonyl (C=O) groups excluding carboxylic acids is 2. The molecule has 1 aromatic rings. The van der Waals surface area contributed by atoms with Gasteiger partial charge in [-0.1, -0.05) is 22.0 Å². The smallest absolute Gasteiger partial charge is 0.337 e. The van der Waals surface area contributed by atoms with Gasteiger partial charge in [0.25, 0.3) is 0 Å². The molecule has 19 heavy (non-hydrogen) atoms. The first-order chi connectivity index (χ1) is 8.85. The predicted molar refractivity (Wildman–Crippen MR) is 69.9 cm³/mol. The fraction of sp³-hybridized carbons (Fsp3) is 0.273. The molecule has 1 N–H and O–H groups in total. The molecule has 0 saturated carbocycles. The van der Waals surface area contributed by atoms with Crippen molar-refractivity contribution in [1.82, 2.24) is 4.72 Å². The van der Waals surface area contributed by atoms with Gasteiger partial charge in [0, 0.05) is 4.47 Å². The highest BCUT2D eigenvalue weighted by Gasteiger charge is 2.38. The van der Waals surface area contributed by atoms with Gasteiger partial charge in [0.1, 0.15) is 5.25 Å². The van der Waals surface area contributed by atoms with Crippen molar-refractivity contribution >= 4 is 37.8 Å². The molecule has 1 atom stereocenters. The maximum Gasteiger partial charge on any atom is 0.337 e. The molecule has 0 aliphatic carbocycles. The maximum absolute atomic E-state index is 11.8. The number of rotatable bonds is 2. The number of nitrogens with one attached hydrogen (secondary N) is 1. The van der Waals surface area contributed by atoms with Crippen LogP contribution in [0.15, 0.2) is 22.7 Å². The molecule has 8 heteroatoms. The molecule has 0 bridgehead atoms. The first-order valence-corrected chi connectivity index (χ1v) is 7.61. The predicted octanol–water partition coefficient (Wildman–Crippen LogP) is 1.13. The molecule has 102 valence electrons. The summed E-state index contributed by atoms with van der Waals surface area (Å²) in [4.78, 5) is 22.5. The second kappa shape index (κ2) is 4.93. The molecule has 0 unspecified atom stereocenters. The summed E-state index contributed by atoms with van der Waals surface area (Å²) in [6.45, 7) is 0. The Bertz CT molecular complexity index is 655. The van der Waals surface area contributed by atoms with E-state index in [9.17, 15) is 18.0 Å². The summed E-state index contributed by atoms with van der Waals surface area (Å²) in [6, 6.07) is 4.43. The third-order valence-electron chi connectivity index (χ3n) is 2.77. The molecular formula is C11H10BrNO5S. The molecule has 0 radical (unpaired) electrons. The Balaban J connectivity index is 2.42. The monoisotopic (exact) mass is 347 g/mol. The number of hydrogen-bond donors (Lipinski definition) is 1. The van der Waals surface area contributed by atoms with Crippen LogP contribution in [0.5, 0.6) is 0 Å². The van der Waals surface area contributed by atoms with Crippen LogP contribution >= 0.6 is 15.9 Å². The molecule has 6 nitrogen and oxygen atoms in total. The number of ether oxygens (including phenoxy) is 1. The van der Waals surface area contributed by atoms with E-state index in [-0.39, 0.29) is 6.42 Å². The van der Waals surface area contributed by atoms with E-state index in [4.69, 9.17) is 0 Å². The van der Waals surface area contributed by atoms with Crippen LogP contribution in [0.1, 0.15) is 27.6 Å². The average Bonchev–Trinajstić information content (AvgIpc) is 2.61. The minimum Gasteiger partial charge on any atom is -0.465 e. The van der Waals surface area contributed by atoms with E-state index in [0.717, 1.165) is 0 Å². The maximum atomic E-state index is 11.8. The molecule has 1 aliphatic rings. The number of esters is 1. The van der Waals surface area contributed by atoms with E-state index in [0.29, 0.717) is 15.6 Å². The van der Waals surface area contributed by atoms with Gasteiger partial charge < -0.3 is 4.74 Å². The number of methoxy groups -OCH3 is 1. The molecule has 1 amide bonds.